The van der Waals surface area contributed by atoms with Crippen LogP contribution in [0.4, 0.5) is 5.69 Å². The first-order valence-corrected chi connectivity index (χ1v) is 11.6. The van der Waals surface area contributed by atoms with Crippen molar-refractivity contribution in [1.29, 1.82) is 0 Å². The highest BCUT2D eigenvalue weighted by Crippen LogP contribution is 2.54. The lowest BCUT2D eigenvalue weighted by Crippen LogP contribution is -2.39. The van der Waals surface area contributed by atoms with Crippen LogP contribution in [0.5, 0.6) is 0 Å². The molecule has 1 aliphatic carbocycles. The number of carboxylic acid groups (broad SMARTS) is 1. The first-order valence-electron chi connectivity index (χ1n) is 11.6. The Bertz CT molecular complexity index is 1220. The Labute approximate surface area is 194 Å². The number of fused-ring (bicyclic) bond motifs is 3. The zero-order valence-electron chi connectivity index (χ0n) is 19.4. The second kappa shape index (κ2) is 7.73. The van der Waals surface area contributed by atoms with Crippen LogP contribution < -0.4 is 5.32 Å². The summed E-state index contributed by atoms with van der Waals surface area (Å²) in [5.41, 5.74) is 3.24. The standard InChI is InChI=1S/C27H31N3O3/c1-26(2)12-19-13-27(3,15-26)16-30(19)23(25(32)33)21-14-28-22-11-18(9-10-20(21)22)29-24(31)17-7-5-4-6-8-17/h4-11,14,19,23,28H,12-13,15-16H2,1-3H3,(H,29,31)(H,32,33)/t19-,23+,27-/m0/s1. The molecule has 3 N–H and O–H groups in total. The second-order valence-corrected chi connectivity index (χ2v) is 11.0. The summed E-state index contributed by atoms with van der Waals surface area (Å²) in [7, 11) is 0. The number of amides is 1. The van der Waals surface area contributed by atoms with Crippen molar-refractivity contribution in [3.8, 4) is 0 Å². The van der Waals surface area contributed by atoms with E-state index in [2.05, 4.69) is 36.0 Å². The van der Waals surface area contributed by atoms with Gasteiger partial charge in [-0.25, -0.2) is 0 Å². The summed E-state index contributed by atoms with van der Waals surface area (Å²) < 4.78 is 0. The number of aliphatic carboxylic acids is 1. The summed E-state index contributed by atoms with van der Waals surface area (Å²) in [5.74, 6) is -0.989. The SMILES string of the molecule is CC1(C)C[C@H]2C[C@](C)(CN2[C@@H](C(=O)O)c2c[nH]c3cc(NC(=O)c4ccccc4)ccc23)C1. The van der Waals surface area contributed by atoms with E-state index in [9.17, 15) is 14.7 Å². The van der Waals surface area contributed by atoms with Crippen LogP contribution >= 0.6 is 0 Å². The summed E-state index contributed by atoms with van der Waals surface area (Å²) in [6.45, 7) is 7.70. The van der Waals surface area contributed by atoms with Crippen LogP contribution in [-0.4, -0.2) is 39.5 Å². The van der Waals surface area contributed by atoms with E-state index in [1.54, 1.807) is 12.1 Å². The van der Waals surface area contributed by atoms with Crippen LogP contribution in [-0.2, 0) is 4.79 Å². The third-order valence-corrected chi connectivity index (χ3v) is 7.32. The van der Waals surface area contributed by atoms with Crippen LogP contribution in [0.3, 0.4) is 0 Å². The first-order chi connectivity index (χ1) is 15.6. The van der Waals surface area contributed by atoms with Gasteiger partial charge in [0.25, 0.3) is 5.91 Å². The molecule has 0 radical (unpaired) electrons. The average Bonchev–Trinajstić information content (AvgIpc) is 3.25. The summed E-state index contributed by atoms with van der Waals surface area (Å²) >= 11 is 0. The highest BCUT2D eigenvalue weighted by Gasteiger charge is 2.52. The monoisotopic (exact) mass is 445 g/mol. The second-order valence-electron chi connectivity index (χ2n) is 11.0. The van der Waals surface area contributed by atoms with Crippen molar-refractivity contribution in [1.82, 2.24) is 9.88 Å². The van der Waals surface area contributed by atoms with E-state index in [4.69, 9.17) is 0 Å². The van der Waals surface area contributed by atoms with Gasteiger partial charge in [0.2, 0.25) is 0 Å². The molecule has 5 rings (SSSR count). The maximum atomic E-state index is 12.5. The molecule has 2 heterocycles. The van der Waals surface area contributed by atoms with Gasteiger partial charge in [-0.1, -0.05) is 45.0 Å². The molecule has 2 fully saturated rings. The lowest BCUT2D eigenvalue weighted by Gasteiger charge is -2.40. The van der Waals surface area contributed by atoms with Crippen LogP contribution in [0.1, 0.15) is 62.0 Å². The number of carbonyl (C=O) groups excluding carboxylic acids is 1. The first kappa shape index (κ1) is 21.7. The zero-order chi connectivity index (χ0) is 23.4. The minimum absolute atomic E-state index is 0.154. The molecular formula is C27H31N3O3. The summed E-state index contributed by atoms with van der Waals surface area (Å²) in [5, 5.41) is 14.1. The molecule has 1 saturated carbocycles. The molecule has 1 saturated heterocycles. The summed E-state index contributed by atoms with van der Waals surface area (Å²) in [4.78, 5) is 30.5. The predicted octanol–water partition coefficient (Wildman–Crippen LogP) is 5.45. The minimum atomic E-state index is -0.814. The van der Waals surface area contributed by atoms with Gasteiger partial charge in [-0.2, -0.15) is 0 Å². The largest absolute Gasteiger partial charge is 0.480 e. The Kier molecular flexibility index (Phi) is 5.09. The highest BCUT2D eigenvalue weighted by molar-refractivity contribution is 6.05. The molecule has 2 aliphatic rings. The summed E-state index contributed by atoms with van der Waals surface area (Å²) in [6, 6.07) is 14.3. The number of aromatic nitrogens is 1. The van der Waals surface area contributed by atoms with E-state index < -0.39 is 12.0 Å². The van der Waals surface area contributed by atoms with Crippen LogP contribution in [0.15, 0.2) is 54.7 Å². The van der Waals surface area contributed by atoms with Gasteiger partial charge >= 0.3 is 5.97 Å². The van der Waals surface area contributed by atoms with E-state index in [1.165, 1.54) is 0 Å². The minimum Gasteiger partial charge on any atom is -0.480 e. The van der Waals surface area contributed by atoms with Crippen molar-refractivity contribution in [3.63, 3.8) is 0 Å². The van der Waals surface area contributed by atoms with Gasteiger partial charge in [0.15, 0.2) is 0 Å². The van der Waals surface area contributed by atoms with E-state index in [0.29, 0.717) is 11.3 Å². The average molecular weight is 446 g/mol. The molecule has 1 aromatic heterocycles. The molecule has 172 valence electrons. The molecule has 2 aromatic carbocycles. The van der Waals surface area contributed by atoms with Gasteiger partial charge in [-0.05, 0) is 54.4 Å². The molecule has 0 unspecified atom stereocenters. The van der Waals surface area contributed by atoms with Crippen molar-refractivity contribution in [2.45, 2.75) is 52.1 Å². The molecule has 0 spiro atoms. The van der Waals surface area contributed by atoms with E-state index in [1.807, 2.05) is 42.6 Å². The fourth-order valence-corrected chi connectivity index (χ4v) is 6.50. The number of rotatable bonds is 5. The van der Waals surface area contributed by atoms with Gasteiger partial charge in [0.05, 0.1) is 0 Å². The van der Waals surface area contributed by atoms with Gasteiger partial charge in [-0.15, -0.1) is 0 Å². The van der Waals surface area contributed by atoms with Crippen molar-refractivity contribution >= 4 is 28.5 Å². The number of likely N-dealkylation sites (tertiary alicyclic amines) is 1. The van der Waals surface area contributed by atoms with Gasteiger partial charge in [0.1, 0.15) is 6.04 Å². The van der Waals surface area contributed by atoms with Gasteiger partial charge in [-0.3, -0.25) is 14.5 Å². The molecule has 6 nitrogen and oxygen atoms in total. The number of carboxylic acids is 1. The molecule has 3 atom stereocenters. The number of H-pyrrole nitrogens is 1. The maximum absolute atomic E-state index is 12.5. The van der Waals surface area contributed by atoms with Crippen molar-refractivity contribution in [2.24, 2.45) is 10.8 Å². The third kappa shape index (κ3) is 4.04. The Balaban J connectivity index is 1.44. The number of anilines is 1. The predicted molar refractivity (Wildman–Crippen MR) is 129 cm³/mol. The number of hydrogen-bond acceptors (Lipinski definition) is 3. The van der Waals surface area contributed by atoms with Gasteiger partial charge < -0.3 is 15.4 Å². The van der Waals surface area contributed by atoms with E-state index >= 15 is 0 Å². The number of nitrogens with one attached hydrogen (secondary N) is 2. The van der Waals surface area contributed by atoms with Crippen LogP contribution in [0.2, 0.25) is 0 Å². The van der Waals surface area contributed by atoms with Crippen molar-refractivity contribution in [2.75, 3.05) is 11.9 Å². The van der Waals surface area contributed by atoms with Crippen molar-refractivity contribution in [3.05, 3.63) is 65.9 Å². The molecule has 2 bridgehead atoms. The smallest absolute Gasteiger partial charge is 0.325 e. The van der Waals surface area contributed by atoms with E-state index in [-0.39, 0.29) is 22.8 Å². The topological polar surface area (TPSA) is 85.4 Å². The fourth-order valence-electron chi connectivity index (χ4n) is 6.50. The molecule has 1 amide bonds. The highest BCUT2D eigenvalue weighted by atomic mass is 16.4. The van der Waals surface area contributed by atoms with Crippen LogP contribution in [0, 0.1) is 10.8 Å². The maximum Gasteiger partial charge on any atom is 0.325 e. The molecular weight excluding hydrogens is 414 g/mol. The Morgan fingerprint density at radius 3 is 2.61 bits per heavy atom. The lowest BCUT2D eigenvalue weighted by atomic mass is 9.65. The van der Waals surface area contributed by atoms with Crippen molar-refractivity contribution < 1.29 is 14.7 Å². The number of hydrogen-bond donors (Lipinski definition) is 3. The number of nitrogens with zero attached hydrogens (tertiary/aromatic N) is 1. The van der Waals surface area contributed by atoms with Crippen LogP contribution in [0.25, 0.3) is 10.9 Å². The summed E-state index contributed by atoms with van der Waals surface area (Å²) in [6.07, 6.45) is 5.02. The fraction of sp³-hybridized carbons (Fsp3) is 0.407. The zero-order valence-corrected chi connectivity index (χ0v) is 19.4. The molecule has 6 heteroatoms. The molecule has 33 heavy (non-hydrogen) atoms. The Morgan fingerprint density at radius 1 is 1.12 bits per heavy atom. The number of aromatic amines is 1. The lowest BCUT2D eigenvalue weighted by molar-refractivity contribution is -0.144. The third-order valence-electron chi connectivity index (χ3n) is 7.32. The normalized spacial score (nSPS) is 25.1. The van der Waals surface area contributed by atoms with Gasteiger partial charge in [0, 0.05) is 46.5 Å². The molecule has 3 aromatic rings. The number of carbonyl (C=O) groups is 2. The number of benzene rings is 2. The Hall–Kier alpha value is -3.12. The quantitative estimate of drug-likeness (QED) is 0.488. The van der Waals surface area contributed by atoms with E-state index in [0.717, 1.165) is 42.3 Å². The molecule has 1 aliphatic heterocycles. The Morgan fingerprint density at radius 2 is 1.88 bits per heavy atom.